The summed E-state index contributed by atoms with van der Waals surface area (Å²) >= 11 is 0. The number of likely N-dealkylation sites (tertiary alicyclic amines) is 1. The van der Waals surface area contributed by atoms with Crippen molar-refractivity contribution < 1.29 is 41.0 Å². The molecule has 1 aromatic heterocycles. The van der Waals surface area contributed by atoms with Gasteiger partial charge in [0.25, 0.3) is 0 Å². The van der Waals surface area contributed by atoms with Crippen molar-refractivity contribution in [2.24, 2.45) is 0 Å². The largest absolute Gasteiger partial charge is 0.505 e. The minimum Gasteiger partial charge on any atom is -0.505 e. The molecule has 0 spiro atoms. The quantitative estimate of drug-likeness (QED) is 0.264. The van der Waals surface area contributed by atoms with E-state index in [0.29, 0.717) is 37.8 Å². The molecule has 7 nitrogen and oxygen atoms in total. The van der Waals surface area contributed by atoms with Crippen LogP contribution in [0.25, 0.3) is 0 Å². The van der Waals surface area contributed by atoms with E-state index in [9.17, 15) is 36.2 Å². The molecule has 4 rings (SSSR count). The van der Waals surface area contributed by atoms with E-state index < -0.39 is 47.3 Å². The maximum atomic E-state index is 13.7. The molecule has 2 aromatic carbocycles. The minimum absolute atomic E-state index is 0.0165. The minimum atomic E-state index is -5.01. The number of hydrogen-bond acceptors (Lipinski definition) is 6. The van der Waals surface area contributed by atoms with E-state index in [2.05, 4.69) is 9.97 Å². The average molecular weight is 639 g/mol. The van der Waals surface area contributed by atoms with Crippen LogP contribution in [0.3, 0.4) is 0 Å². The lowest BCUT2D eigenvalue weighted by Gasteiger charge is -2.48. The lowest BCUT2D eigenvalue weighted by molar-refractivity contribution is -0.143. The number of hydrogen-bond donors (Lipinski definition) is 1. The number of nitrogens with zero attached hydrogens (tertiary/aromatic N) is 4. The maximum Gasteiger partial charge on any atom is 0.416 e. The number of rotatable bonds is 7. The van der Waals surface area contributed by atoms with Gasteiger partial charge in [0, 0.05) is 24.7 Å². The van der Waals surface area contributed by atoms with Gasteiger partial charge in [-0.1, -0.05) is 37.3 Å². The number of alkyl halides is 6. The standard InChI is InChI=1S/C32H36F6N4O3/c1-5-24-15-25(16-26(13-20-9-7-6-8-10-20)42(24)29(44)45-30(2,3)4)41(28-39-17-27(43)18-40-28)19-21-11-22(31(33,34)35)14-23(12-21)32(36,37)38/h6-12,14,17-18,24-26,43H,5,13,15-16,19H2,1-4H3/t24-,25+,26?/m1/s1. The van der Waals surface area contributed by atoms with Gasteiger partial charge in [0.2, 0.25) is 5.95 Å². The summed E-state index contributed by atoms with van der Waals surface area (Å²) in [4.78, 5) is 25.1. The Morgan fingerprint density at radius 3 is 1.98 bits per heavy atom. The zero-order chi connectivity index (χ0) is 33.2. The first kappa shape index (κ1) is 33.9. The lowest BCUT2D eigenvalue weighted by atomic mass is 9.86. The average Bonchev–Trinajstić information content (AvgIpc) is 2.94. The normalized spacial score (nSPS) is 19.3. The third-order valence-electron chi connectivity index (χ3n) is 7.59. The van der Waals surface area contributed by atoms with Gasteiger partial charge in [-0.3, -0.25) is 0 Å². The Morgan fingerprint density at radius 2 is 1.47 bits per heavy atom. The molecular formula is C32H36F6N4O3. The summed E-state index contributed by atoms with van der Waals surface area (Å²) in [6, 6.07) is 9.59. The highest BCUT2D eigenvalue weighted by molar-refractivity contribution is 5.69. The topological polar surface area (TPSA) is 78.8 Å². The third kappa shape index (κ3) is 8.79. The van der Waals surface area contributed by atoms with E-state index in [1.807, 2.05) is 37.3 Å². The summed E-state index contributed by atoms with van der Waals surface area (Å²) in [6.45, 7) is 6.80. The van der Waals surface area contributed by atoms with Crippen LogP contribution in [0.5, 0.6) is 5.75 Å². The van der Waals surface area contributed by atoms with Crippen molar-refractivity contribution in [3.8, 4) is 5.75 Å². The molecule has 3 aromatic rings. The Bertz CT molecular complexity index is 1410. The predicted octanol–water partition coefficient (Wildman–Crippen LogP) is 8.02. The van der Waals surface area contributed by atoms with Crippen LogP contribution in [0.15, 0.2) is 60.9 Å². The molecule has 1 fully saturated rings. The Hall–Kier alpha value is -4.03. The number of aromatic hydroxyl groups is 1. The zero-order valence-corrected chi connectivity index (χ0v) is 25.4. The monoisotopic (exact) mass is 638 g/mol. The van der Waals surface area contributed by atoms with Crippen LogP contribution in [0, 0.1) is 0 Å². The number of ether oxygens (including phenoxy) is 1. The Kier molecular flexibility index (Phi) is 9.88. The van der Waals surface area contributed by atoms with E-state index in [1.54, 1.807) is 30.6 Å². The van der Waals surface area contributed by atoms with E-state index in [4.69, 9.17) is 4.74 Å². The van der Waals surface area contributed by atoms with Crippen LogP contribution < -0.4 is 4.90 Å². The SMILES string of the molecule is CC[C@@H]1C[C@H](N(Cc2cc(C(F)(F)F)cc(C(F)(F)F)c2)c2ncc(O)cn2)CC(Cc2ccccc2)N1C(=O)OC(C)(C)C. The molecule has 45 heavy (non-hydrogen) atoms. The van der Waals surface area contributed by atoms with Crippen LogP contribution >= 0.6 is 0 Å². The molecule has 1 saturated heterocycles. The van der Waals surface area contributed by atoms with Crippen molar-refractivity contribution in [2.45, 2.75) is 96.0 Å². The molecule has 244 valence electrons. The second-order valence-electron chi connectivity index (χ2n) is 12.2. The first-order chi connectivity index (χ1) is 20.9. The highest BCUT2D eigenvalue weighted by atomic mass is 19.4. The number of aromatic nitrogens is 2. The van der Waals surface area contributed by atoms with Gasteiger partial charge < -0.3 is 19.6 Å². The second kappa shape index (κ2) is 13.1. The number of carbonyl (C=O) groups is 1. The number of piperidine rings is 1. The van der Waals surface area contributed by atoms with E-state index in [-0.39, 0.29) is 35.9 Å². The van der Waals surface area contributed by atoms with E-state index in [1.165, 1.54) is 0 Å². The van der Waals surface area contributed by atoms with Gasteiger partial charge in [0.15, 0.2) is 5.75 Å². The summed E-state index contributed by atoms with van der Waals surface area (Å²) < 4.78 is 88.0. The molecule has 0 aliphatic carbocycles. The smallest absolute Gasteiger partial charge is 0.416 e. The molecule has 0 radical (unpaired) electrons. The van der Waals surface area contributed by atoms with Crippen molar-refractivity contribution >= 4 is 12.0 Å². The summed E-state index contributed by atoms with van der Waals surface area (Å²) in [7, 11) is 0. The Morgan fingerprint density at radius 1 is 0.911 bits per heavy atom. The molecule has 1 N–H and O–H groups in total. The molecule has 1 unspecified atom stereocenters. The molecule has 1 aliphatic heterocycles. The van der Waals surface area contributed by atoms with Gasteiger partial charge >= 0.3 is 18.4 Å². The second-order valence-corrected chi connectivity index (χ2v) is 12.2. The fourth-order valence-corrected chi connectivity index (χ4v) is 5.68. The Balaban J connectivity index is 1.79. The summed E-state index contributed by atoms with van der Waals surface area (Å²) in [5, 5.41) is 9.81. The maximum absolute atomic E-state index is 13.7. The molecule has 0 bridgehead atoms. The lowest BCUT2D eigenvalue weighted by Crippen LogP contribution is -2.58. The first-order valence-corrected chi connectivity index (χ1v) is 14.6. The van der Waals surface area contributed by atoms with Crippen molar-refractivity contribution in [1.82, 2.24) is 14.9 Å². The summed E-state index contributed by atoms with van der Waals surface area (Å²) in [5.74, 6) is -0.243. The highest BCUT2D eigenvalue weighted by Crippen LogP contribution is 2.38. The van der Waals surface area contributed by atoms with Gasteiger partial charge in [-0.15, -0.1) is 0 Å². The predicted molar refractivity (Wildman–Crippen MR) is 155 cm³/mol. The van der Waals surface area contributed by atoms with Crippen molar-refractivity contribution in [3.05, 3.63) is 83.2 Å². The molecule has 1 aliphatic rings. The fourth-order valence-electron chi connectivity index (χ4n) is 5.68. The first-order valence-electron chi connectivity index (χ1n) is 14.6. The number of carbonyl (C=O) groups excluding carboxylic acids is 1. The Labute approximate surface area is 257 Å². The summed E-state index contributed by atoms with van der Waals surface area (Å²) in [5.41, 5.74) is -2.92. The van der Waals surface area contributed by atoms with E-state index in [0.717, 1.165) is 18.0 Å². The summed E-state index contributed by atoms with van der Waals surface area (Å²) in [6.07, 6.45) is -6.77. The zero-order valence-electron chi connectivity index (χ0n) is 25.4. The van der Waals surface area contributed by atoms with Gasteiger partial charge in [0.1, 0.15) is 5.60 Å². The van der Waals surface area contributed by atoms with Crippen LogP contribution in [0.4, 0.5) is 37.1 Å². The number of halogens is 6. The molecule has 1 amide bonds. The van der Waals surface area contributed by atoms with E-state index >= 15 is 0 Å². The highest BCUT2D eigenvalue weighted by Gasteiger charge is 2.43. The van der Waals surface area contributed by atoms with Crippen LogP contribution in [-0.4, -0.2) is 49.8 Å². The van der Waals surface area contributed by atoms with Gasteiger partial charge in [0.05, 0.1) is 23.5 Å². The number of amides is 1. The van der Waals surface area contributed by atoms with Gasteiger partial charge in [-0.05, 0) is 75.8 Å². The number of anilines is 1. The third-order valence-corrected chi connectivity index (χ3v) is 7.59. The van der Waals surface area contributed by atoms with Crippen molar-refractivity contribution in [1.29, 1.82) is 0 Å². The molecule has 2 heterocycles. The van der Waals surface area contributed by atoms with Crippen molar-refractivity contribution in [2.75, 3.05) is 4.90 Å². The van der Waals surface area contributed by atoms with Gasteiger partial charge in [-0.25, -0.2) is 14.8 Å². The fraction of sp³-hybridized carbons (Fsp3) is 0.469. The van der Waals surface area contributed by atoms with Crippen LogP contribution in [-0.2, 0) is 30.1 Å². The van der Waals surface area contributed by atoms with Crippen molar-refractivity contribution in [3.63, 3.8) is 0 Å². The molecular weight excluding hydrogens is 602 g/mol. The molecule has 3 atom stereocenters. The number of benzene rings is 2. The molecule has 0 saturated carbocycles. The van der Waals surface area contributed by atoms with Crippen LogP contribution in [0.2, 0.25) is 0 Å². The van der Waals surface area contributed by atoms with Crippen LogP contribution in [0.1, 0.15) is 69.2 Å². The molecule has 13 heteroatoms. The van der Waals surface area contributed by atoms with Gasteiger partial charge in [-0.2, -0.15) is 26.3 Å².